The summed E-state index contributed by atoms with van der Waals surface area (Å²) in [5.74, 6) is -1.41. The number of rotatable bonds is 19. The third kappa shape index (κ3) is 13.7. The van der Waals surface area contributed by atoms with Crippen LogP contribution in [-0.4, -0.2) is 72.9 Å². The lowest BCUT2D eigenvalue weighted by atomic mass is 10.1. The van der Waals surface area contributed by atoms with E-state index in [4.69, 9.17) is 0 Å². The molecule has 2 N–H and O–H groups in total. The molecular weight excluding hydrogens is 855 g/mol. The lowest BCUT2D eigenvalue weighted by Crippen LogP contribution is -2.41. The molecule has 0 radical (unpaired) electrons. The molecule has 0 amide bonds. The molecule has 2 atom stereocenters. The van der Waals surface area contributed by atoms with Crippen LogP contribution in [0.15, 0.2) is 107 Å². The Morgan fingerprint density at radius 3 is 1.17 bits per heavy atom. The molecule has 22 heteroatoms. The summed E-state index contributed by atoms with van der Waals surface area (Å²) in [5.41, 5.74) is 0.284. The Morgan fingerprint density at radius 1 is 0.500 bits per heavy atom. The van der Waals surface area contributed by atoms with Crippen molar-refractivity contribution in [1.29, 1.82) is 0 Å². The van der Waals surface area contributed by atoms with Crippen LogP contribution in [-0.2, 0) is 13.1 Å². The van der Waals surface area contributed by atoms with Crippen LogP contribution in [0.4, 0.5) is 72.8 Å². The van der Waals surface area contributed by atoms with Gasteiger partial charge >= 0.3 is 37.4 Å². The summed E-state index contributed by atoms with van der Waals surface area (Å²) in [6.07, 6.45) is -34.0. The van der Waals surface area contributed by atoms with E-state index in [1.807, 2.05) is 0 Å². The second-order valence-electron chi connectivity index (χ2n) is 12.3. The van der Waals surface area contributed by atoms with Crippen LogP contribution in [0.25, 0.3) is 0 Å². The zero-order chi connectivity index (χ0) is 43.1. The molecule has 0 aliphatic rings. The van der Waals surface area contributed by atoms with E-state index in [1.54, 1.807) is 12.1 Å². The van der Waals surface area contributed by atoms with E-state index < -0.39 is 87.3 Å². The van der Waals surface area contributed by atoms with Crippen LogP contribution in [0, 0.1) is 0 Å². The highest BCUT2D eigenvalue weighted by Crippen LogP contribution is 2.41. The van der Waals surface area contributed by atoms with Crippen molar-refractivity contribution in [2.75, 3.05) is 22.9 Å². The fourth-order valence-corrected chi connectivity index (χ4v) is 6.96. The van der Waals surface area contributed by atoms with Gasteiger partial charge in [-0.25, -0.2) is 0 Å². The normalized spacial score (nSPS) is 13.8. The van der Waals surface area contributed by atoms with Gasteiger partial charge in [-0.1, -0.05) is 58.0 Å². The maximum Gasteiger partial charge on any atom is 0.461 e. The van der Waals surface area contributed by atoms with Crippen molar-refractivity contribution in [3.8, 4) is 11.5 Å². The average molecular weight is 885 g/mol. The molecule has 0 saturated heterocycles. The van der Waals surface area contributed by atoms with Crippen LogP contribution < -0.4 is 19.3 Å². The topological polar surface area (TPSA) is 65.4 Å². The summed E-state index contributed by atoms with van der Waals surface area (Å²) >= 11 is 0. The van der Waals surface area contributed by atoms with Gasteiger partial charge in [0, 0.05) is 34.3 Å². The molecule has 0 aliphatic heterocycles. The molecule has 2 unspecified atom stereocenters. The Bertz CT molecular complexity index is 1800. The van der Waals surface area contributed by atoms with Gasteiger partial charge in [-0.3, -0.25) is 0 Å². The molecule has 58 heavy (non-hydrogen) atoms. The van der Waals surface area contributed by atoms with Gasteiger partial charge in [-0.05, 0) is 71.8 Å². The number of hydrogen-bond acceptors (Lipinski definition) is 8. The van der Waals surface area contributed by atoms with E-state index in [1.165, 1.54) is 48.5 Å². The van der Waals surface area contributed by atoms with E-state index in [0.29, 0.717) is 9.79 Å². The monoisotopic (exact) mass is 884 g/mol. The minimum absolute atomic E-state index is 0.0479. The number of aliphatic hydroxyl groups is 2. The van der Waals surface area contributed by atoms with Gasteiger partial charge in [0.2, 0.25) is 0 Å². The lowest BCUT2D eigenvalue weighted by Gasteiger charge is -2.29. The molecule has 4 aromatic rings. The molecule has 6 nitrogen and oxygen atoms in total. The maximum atomic E-state index is 13.5. The van der Waals surface area contributed by atoms with Gasteiger partial charge in [0.25, 0.3) is 0 Å². The lowest BCUT2D eigenvalue weighted by molar-refractivity contribution is -0.253. The van der Waals surface area contributed by atoms with Gasteiger partial charge in [-0.2, -0.15) is 61.5 Å². The van der Waals surface area contributed by atoms with Gasteiger partial charge in [0.1, 0.15) is 11.5 Å². The highest BCUT2D eigenvalue weighted by Gasteiger charge is 2.45. The molecule has 0 heterocycles. The summed E-state index contributed by atoms with van der Waals surface area (Å²) in [5, 5.41) is 19.8. The Morgan fingerprint density at radius 2 is 0.845 bits per heavy atom. The molecule has 0 fully saturated rings. The number of ether oxygens (including phenoxy) is 2. The first-order valence-corrected chi connectivity index (χ1v) is 18.5. The Labute approximate surface area is 328 Å². The third-order valence-corrected chi connectivity index (χ3v) is 10.1. The summed E-state index contributed by atoms with van der Waals surface area (Å²) in [4.78, 5) is 2.90. The number of hydrogen-bond donors (Lipinski definition) is 2. The first-order valence-electron chi connectivity index (χ1n) is 16.3. The first-order chi connectivity index (χ1) is 26.9. The Hall–Kier alpha value is -4.28. The summed E-state index contributed by atoms with van der Waals surface area (Å²) in [7, 11) is 2.07. The van der Waals surface area contributed by atoms with Crippen molar-refractivity contribution in [3.05, 3.63) is 108 Å². The standard InChI is InChI=1S/C36H30F14N2O4S2/c37-31(38)35(47,48)55-25-9-1-5-21(13-25)17-51(19-29(53)33(41,42)43)23-7-3-11-27(15-23)57-58-28-12-4-8-24(16-28)52(20-30(54)34(44,45)46)18-22-6-2-10-26(14-22)56-36(49,50)32(39)40/h1-16,29-32,53-54H,17-20H2. The van der Waals surface area contributed by atoms with Crippen molar-refractivity contribution < 1.29 is 81.2 Å². The quantitative estimate of drug-likeness (QED) is 0.0713. The van der Waals surface area contributed by atoms with Crippen molar-refractivity contribution >= 4 is 33.0 Å². The molecule has 0 saturated carbocycles. The highest BCUT2D eigenvalue weighted by atomic mass is 33.1. The minimum Gasteiger partial charge on any atom is -0.428 e. The summed E-state index contributed by atoms with van der Waals surface area (Å²) in [6.45, 7) is -2.99. The SMILES string of the molecule is OC(CN(Cc1cccc(OC(F)(F)C(F)F)c1)c1cccc(SSc2cccc(N(Cc3cccc(OC(F)(F)C(F)F)c3)CC(O)C(F)(F)F)c2)c1)C(F)(F)F. The van der Waals surface area contributed by atoms with Crippen molar-refractivity contribution in [1.82, 2.24) is 0 Å². The van der Waals surface area contributed by atoms with Crippen LogP contribution >= 0.6 is 21.6 Å². The van der Waals surface area contributed by atoms with E-state index >= 15 is 0 Å². The van der Waals surface area contributed by atoms with Crippen molar-refractivity contribution in [2.24, 2.45) is 0 Å². The molecule has 0 aliphatic carbocycles. The predicted molar refractivity (Wildman–Crippen MR) is 187 cm³/mol. The number of halogens is 14. The van der Waals surface area contributed by atoms with Crippen LogP contribution in [0.3, 0.4) is 0 Å². The highest BCUT2D eigenvalue weighted by molar-refractivity contribution is 8.76. The van der Waals surface area contributed by atoms with Gasteiger partial charge in [0.05, 0.1) is 13.1 Å². The van der Waals surface area contributed by atoms with E-state index in [0.717, 1.165) is 67.8 Å². The largest absolute Gasteiger partial charge is 0.461 e. The minimum atomic E-state index is -5.07. The van der Waals surface area contributed by atoms with Crippen LogP contribution in [0.2, 0.25) is 0 Å². The number of aliphatic hydroxyl groups excluding tert-OH is 2. The van der Waals surface area contributed by atoms with Crippen molar-refractivity contribution in [3.63, 3.8) is 0 Å². The van der Waals surface area contributed by atoms with Gasteiger partial charge in [-0.15, -0.1) is 0 Å². The molecule has 0 aromatic heterocycles. The van der Waals surface area contributed by atoms with Crippen LogP contribution in [0.5, 0.6) is 11.5 Å². The second kappa shape index (κ2) is 19.2. The number of nitrogens with zero attached hydrogens (tertiary/aromatic N) is 2. The number of alkyl halides is 14. The molecule has 4 aromatic carbocycles. The Balaban J connectivity index is 1.57. The van der Waals surface area contributed by atoms with Gasteiger partial charge in [0.15, 0.2) is 12.2 Å². The fraction of sp³-hybridized carbons (Fsp3) is 0.333. The second-order valence-corrected chi connectivity index (χ2v) is 14.5. The number of benzene rings is 4. The van der Waals surface area contributed by atoms with E-state index in [-0.39, 0.29) is 22.5 Å². The summed E-state index contributed by atoms with van der Waals surface area (Å²) in [6, 6.07) is 20.2. The molecule has 4 rings (SSSR count). The zero-order valence-corrected chi connectivity index (χ0v) is 30.7. The third-order valence-electron chi connectivity index (χ3n) is 7.70. The van der Waals surface area contributed by atoms with Crippen molar-refractivity contribution in [2.45, 2.75) is 72.5 Å². The molecule has 318 valence electrons. The number of anilines is 2. The first kappa shape index (κ1) is 46.4. The van der Waals surface area contributed by atoms with Crippen LogP contribution in [0.1, 0.15) is 11.1 Å². The smallest absolute Gasteiger partial charge is 0.428 e. The van der Waals surface area contributed by atoms with E-state index in [9.17, 15) is 71.7 Å². The van der Waals surface area contributed by atoms with E-state index in [2.05, 4.69) is 9.47 Å². The van der Waals surface area contributed by atoms with Gasteiger partial charge < -0.3 is 29.5 Å². The Kier molecular flexibility index (Phi) is 15.4. The molecular formula is C36H30F14N2O4S2. The maximum absolute atomic E-state index is 13.5. The fourth-order valence-electron chi connectivity index (χ4n) is 4.97. The summed E-state index contributed by atoms with van der Waals surface area (Å²) < 4.78 is 193. The molecule has 0 bridgehead atoms. The molecule has 0 spiro atoms. The average Bonchev–Trinajstić information content (AvgIpc) is 3.12. The predicted octanol–water partition coefficient (Wildman–Crippen LogP) is 10.8. The zero-order valence-electron chi connectivity index (χ0n) is 29.1.